The van der Waals surface area contributed by atoms with Crippen LogP contribution in [0.15, 0.2) is 18.2 Å². The van der Waals surface area contributed by atoms with E-state index in [-0.39, 0.29) is 18.4 Å². The fourth-order valence-electron chi connectivity index (χ4n) is 2.69. The number of piperidine rings is 1. The van der Waals surface area contributed by atoms with Crippen molar-refractivity contribution < 1.29 is 14.3 Å². The molecule has 4 nitrogen and oxygen atoms in total. The van der Waals surface area contributed by atoms with Gasteiger partial charge < -0.3 is 14.8 Å². The number of methoxy groups -OCH3 is 1. The van der Waals surface area contributed by atoms with Gasteiger partial charge in [0, 0.05) is 18.4 Å². The lowest BCUT2D eigenvalue weighted by atomic mass is 9.84. The molecule has 0 bridgehead atoms. The summed E-state index contributed by atoms with van der Waals surface area (Å²) in [6.07, 6.45) is 1.66. The van der Waals surface area contributed by atoms with Crippen molar-refractivity contribution in [3.8, 4) is 5.75 Å². The fourth-order valence-corrected chi connectivity index (χ4v) is 2.69. The lowest BCUT2D eigenvalue weighted by Gasteiger charge is -2.33. The van der Waals surface area contributed by atoms with Gasteiger partial charge in [-0.25, -0.2) is 4.79 Å². The second kappa shape index (κ2) is 4.78. The largest absolute Gasteiger partial charge is 0.497 e. The van der Waals surface area contributed by atoms with Crippen LogP contribution < -0.4 is 10.1 Å². The van der Waals surface area contributed by atoms with Crippen LogP contribution in [0.5, 0.6) is 5.75 Å². The third-order valence-corrected chi connectivity index (χ3v) is 3.64. The van der Waals surface area contributed by atoms with Gasteiger partial charge in [0.25, 0.3) is 0 Å². The van der Waals surface area contributed by atoms with E-state index in [9.17, 15) is 4.79 Å². The van der Waals surface area contributed by atoms with Gasteiger partial charge in [0.05, 0.1) is 12.7 Å². The molecule has 3 rings (SSSR count). The molecule has 2 aliphatic heterocycles. The van der Waals surface area contributed by atoms with Crippen LogP contribution in [0.1, 0.15) is 28.8 Å². The minimum Gasteiger partial charge on any atom is -0.497 e. The highest BCUT2D eigenvalue weighted by molar-refractivity contribution is 5.95. The average Bonchev–Trinajstić information content (AvgIpc) is 2.63. The van der Waals surface area contributed by atoms with Crippen LogP contribution in [0.3, 0.4) is 0 Å². The molecular formula is C13H16ClNO3. The highest BCUT2D eigenvalue weighted by atomic mass is 35.5. The van der Waals surface area contributed by atoms with Crippen molar-refractivity contribution in [3.63, 3.8) is 0 Å². The van der Waals surface area contributed by atoms with Crippen molar-refractivity contribution in [1.82, 2.24) is 5.32 Å². The number of rotatable bonds is 1. The molecule has 0 amide bonds. The number of nitrogens with one attached hydrogen (secondary N) is 1. The van der Waals surface area contributed by atoms with E-state index in [1.165, 1.54) is 0 Å². The Morgan fingerprint density at radius 1 is 1.33 bits per heavy atom. The van der Waals surface area contributed by atoms with Gasteiger partial charge >= 0.3 is 5.97 Å². The third kappa shape index (κ3) is 1.85. The highest BCUT2D eigenvalue weighted by Crippen LogP contribution is 2.43. The predicted molar refractivity (Wildman–Crippen MR) is 69.4 cm³/mol. The van der Waals surface area contributed by atoms with Crippen LogP contribution in [-0.4, -0.2) is 26.2 Å². The number of ether oxygens (including phenoxy) is 2. The second-order valence-corrected chi connectivity index (χ2v) is 4.55. The zero-order valence-corrected chi connectivity index (χ0v) is 11.0. The molecular weight excluding hydrogens is 254 g/mol. The number of hydrogen-bond acceptors (Lipinski definition) is 4. The molecule has 0 aliphatic carbocycles. The van der Waals surface area contributed by atoms with E-state index in [2.05, 4.69) is 5.32 Å². The van der Waals surface area contributed by atoms with Crippen LogP contribution in [-0.2, 0) is 10.3 Å². The summed E-state index contributed by atoms with van der Waals surface area (Å²) in [5, 5.41) is 3.29. The number of fused-ring (bicyclic) bond motifs is 2. The fraction of sp³-hybridized carbons (Fsp3) is 0.462. The Morgan fingerprint density at radius 3 is 2.72 bits per heavy atom. The molecule has 1 N–H and O–H groups in total. The van der Waals surface area contributed by atoms with Gasteiger partial charge in [0.15, 0.2) is 0 Å². The van der Waals surface area contributed by atoms with E-state index in [0.717, 1.165) is 37.2 Å². The van der Waals surface area contributed by atoms with Crippen LogP contribution in [0.4, 0.5) is 0 Å². The number of hydrogen-bond donors (Lipinski definition) is 1. The van der Waals surface area contributed by atoms with Crippen molar-refractivity contribution in [2.75, 3.05) is 20.2 Å². The number of esters is 1. The van der Waals surface area contributed by atoms with E-state index in [4.69, 9.17) is 9.47 Å². The molecule has 1 aromatic carbocycles. The molecule has 2 heterocycles. The van der Waals surface area contributed by atoms with Crippen LogP contribution in [0.25, 0.3) is 0 Å². The van der Waals surface area contributed by atoms with Crippen molar-refractivity contribution in [3.05, 3.63) is 29.3 Å². The van der Waals surface area contributed by atoms with Gasteiger partial charge in [-0.2, -0.15) is 0 Å². The summed E-state index contributed by atoms with van der Waals surface area (Å²) in [6.45, 7) is 1.76. The Kier molecular flexibility index (Phi) is 3.50. The second-order valence-electron chi connectivity index (χ2n) is 4.55. The normalized spacial score (nSPS) is 19.9. The first-order valence-corrected chi connectivity index (χ1v) is 5.88. The first-order chi connectivity index (χ1) is 8.25. The van der Waals surface area contributed by atoms with Crippen LogP contribution >= 0.6 is 12.4 Å². The molecule has 0 atom stereocenters. The van der Waals surface area contributed by atoms with Crippen molar-refractivity contribution in [2.24, 2.45) is 0 Å². The third-order valence-electron chi connectivity index (χ3n) is 3.64. The standard InChI is InChI=1S/C13H15NO3.ClH/c1-16-9-2-3-10-11(8-9)13(17-12(10)15)4-6-14-7-5-13;/h2-3,8,14H,4-7H2,1H3;1H. The van der Waals surface area contributed by atoms with Gasteiger partial charge in [-0.1, -0.05) is 0 Å². The molecule has 1 aromatic rings. The summed E-state index contributed by atoms with van der Waals surface area (Å²) in [5.74, 6) is 0.574. The molecule has 1 fully saturated rings. The molecule has 2 aliphatic rings. The summed E-state index contributed by atoms with van der Waals surface area (Å²) >= 11 is 0. The van der Waals surface area contributed by atoms with Crippen LogP contribution in [0.2, 0.25) is 0 Å². The summed E-state index contributed by atoms with van der Waals surface area (Å²) < 4.78 is 10.9. The first-order valence-electron chi connectivity index (χ1n) is 5.88. The van der Waals surface area contributed by atoms with Gasteiger partial charge in [-0.15, -0.1) is 12.4 Å². The molecule has 0 unspecified atom stereocenters. The Morgan fingerprint density at radius 2 is 2.06 bits per heavy atom. The summed E-state index contributed by atoms with van der Waals surface area (Å²) in [4.78, 5) is 11.9. The monoisotopic (exact) mass is 269 g/mol. The van der Waals surface area contributed by atoms with Gasteiger partial charge in [0.2, 0.25) is 0 Å². The minimum absolute atomic E-state index is 0. The lowest BCUT2D eigenvalue weighted by molar-refractivity contribution is -0.0242. The lowest BCUT2D eigenvalue weighted by Crippen LogP contribution is -2.39. The van der Waals surface area contributed by atoms with Gasteiger partial charge in [-0.3, -0.25) is 0 Å². The maximum absolute atomic E-state index is 11.9. The average molecular weight is 270 g/mol. The Balaban J connectivity index is 0.00000120. The van der Waals surface area contributed by atoms with E-state index >= 15 is 0 Å². The smallest absolute Gasteiger partial charge is 0.339 e. The Hall–Kier alpha value is -1.26. The Bertz CT molecular complexity index is 469. The quantitative estimate of drug-likeness (QED) is 0.791. The topological polar surface area (TPSA) is 47.6 Å². The summed E-state index contributed by atoms with van der Waals surface area (Å²) in [5.41, 5.74) is 1.25. The molecule has 5 heteroatoms. The Labute approximate surface area is 112 Å². The predicted octanol–water partition coefficient (Wildman–Crippen LogP) is 1.87. The van der Waals surface area contributed by atoms with Crippen molar-refractivity contribution in [1.29, 1.82) is 0 Å². The van der Waals surface area contributed by atoms with Gasteiger partial charge in [0.1, 0.15) is 11.4 Å². The molecule has 1 spiro atoms. The molecule has 98 valence electrons. The molecule has 18 heavy (non-hydrogen) atoms. The van der Waals surface area contributed by atoms with E-state index in [1.807, 2.05) is 6.07 Å². The summed E-state index contributed by atoms with van der Waals surface area (Å²) in [6, 6.07) is 5.54. The van der Waals surface area contributed by atoms with E-state index in [0.29, 0.717) is 5.56 Å². The molecule has 0 aromatic heterocycles. The highest BCUT2D eigenvalue weighted by Gasteiger charge is 2.46. The zero-order chi connectivity index (χ0) is 11.9. The SMILES string of the molecule is COc1ccc2c(c1)C1(CCNCC1)OC2=O.Cl. The minimum atomic E-state index is -0.424. The molecule has 1 saturated heterocycles. The number of carbonyl (C=O) groups excluding carboxylic acids is 1. The summed E-state index contributed by atoms with van der Waals surface area (Å²) in [7, 11) is 1.63. The first kappa shape index (κ1) is 13.2. The van der Waals surface area contributed by atoms with Crippen molar-refractivity contribution in [2.45, 2.75) is 18.4 Å². The number of halogens is 1. The van der Waals surface area contributed by atoms with E-state index in [1.54, 1.807) is 19.2 Å². The number of benzene rings is 1. The van der Waals surface area contributed by atoms with Gasteiger partial charge in [-0.05, 0) is 31.3 Å². The maximum atomic E-state index is 11.9. The number of carbonyl (C=O) groups is 1. The van der Waals surface area contributed by atoms with Crippen LogP contribution in [0, 0.1) is 0 Å². The molecule has 0 radical (unpaired) electrons. The zero-order valence-electron chi connectivity index (χ0n) is 10.2. The van der Waals surface area contributed by atoms with Crippen molar-refractivity contribution >= 4 is 18.4 Å². The maximum Gasteiger partial charge on any atom is 0.339 e. The van der Waals surface area contributed by atoms with E-state index < -0.39 is 5.60 Å². The molecule has 0 saturated carbocycles.